The summed E-state index contributed by atoms with van der Waals surface area (Å²) in [5.41, 5.74) is 2.21. The van der Waals surface area contributed by atoms with Crippen LogP contribution in [0.4, 0.5) is 5.69 Å². The molecule has 0 amide bonds. The number of aromatic nitrogens is 3. The lowest BCUT2D eigenvalue weighted by Crippen LogP contribution is -2.48. The van der Waals surface area contributed by atoms with Gasteiger partial charge in [0.1, 0.15) is 30.8 Å². The number of rotatable bonds is 19. The van der Waals surface area contributed by atoms with Crippen LogP contribution in [0, 0.1) is 6.92 Å². The first-order chi connectivity index (χ1) is 26.3. The third-order valence-electron chi connectivity index (χ3n) is 10.4. The van der Waals surface area contributed by atoms with Crippen LogP contribution in [0.2, 0.25) is 0 Å². The van der Waals surface area contributed by atoms with Crippen LogP contribution in [-0.2, 0) is 24.0 Å². The van der Waals surface area contributed by atoms with Crippen molar-refractivity contribution in [2.24, 2.45) is 0 Å². The van der Waals surface area contributed by atoms with Crippen LogP contribution < -0.4 is 19.7 Å². The minimum absolute atomic E-state index is 0.103. The normalized spacial score (nSPS) is 19.9. The summed E-state index contributed by atoms with van der Waals surface area (Å²) in [7, 11) is -0.623. The highest BCUT2D eigenvalue weighted by Crippen LogP contribution is 2.42. The standard InChI is InChI=1S/C41H55N5O7S/c1-5-34(46-29-42-28-44-46)25-33-26-37(31-10-13-35(14-11-31)51-22-7-21-50-4)40(27-43-33)53-41(54(47,48)36-15-8-30(2)9-16-36)32-12-17-39-38(24-32)45(19-23-52-39)18-6-20-49-3/h8-17,24,28-29,33-34,37,40-41,43H,5-7,18-23,25-27H2,1-4H3/t33-,34?,37+,40-,41?/m0/s1. The number of hydrogen-bond donors (Lipinski definition) is 1. The molecule has 1 saturated heterocycles. The van der Waals surface area contributed by atoms with Crippen molar-refractivity contribution in [3.63, 3.8) is 0 Å². The van der Waals surface area contributed by atoms with Gasteiger partial charge in [-0.2, -0.15) is 5.10 Å². The molecule has 2 aliphatic heterocycles. The average molecular weight is 762 g/mol. The summed E-state index contributed by atoms with van der Waals surface area (Å²) in [5, 5.41) is 8.16. The molecule has 1 N–H and O–H groups in total. The van der Waals surface area contributed by atoms with E-state index in [1.807, 2.05) is 54.1 Å². The second kappa shape index (κ2) is 19.0. The van der Waals surface area contributed by atoms with Gasteiger partial charge in [0, 0.05) is 58.9 Å². The van der Waals surface area contributed by atoms with Crippen molar-refractivity contribution in [1.29, 1.82) is 0 Å². The number of aryl methyl sites for hydroxylation is 1. The smallest absolute Gasteiger partial charge is 0.209 e. The van der Waals surface area contributed by atoms with E-state index in [2.05, 4.69) is 39.4 Å². The summed E-state index contributed by atoms with van der Waals surface area (Å²) in [5.74, 6) is 1.41. The molecule has 2 aliphatic rings. The monoisotopic (exact) mass is 761 g/mol. The van der Waals surface area contributed by atoms with Crippen LogP contribution in [0.25, 0.3) is 0 Å². The minimum Gasteiger partial charge on any atom is -0.494 e. The topological polar surface area (TPSA) is 126 Å². The predicted octanol–water partition coefficient (Wildman–Crippen LogP) is 6.28. The van der Waals surface area contributed by atoms with Gasteiger partial charge in [-0.15, -0.1) is 0 Å². The van der Waals surface area contributed by atoms with Gasteiger partial charge in [0.05, 0.1) is 35.9 Å². The van der Waals surface area contributed by atoms with Gasteiger partial charge in [-0.1, -0.05) is 42.8 Å². The molecular weight excluding hydrogens is 707 g/mol. The first-order valence-electron chi connectivity index (χ1n) is 19.1. The van der Waals surface area contributed by atoms with E-state index in [1.165, 1.54) is 0 Å². The Balaban J connectivity index is 1.33. The first kappa shape index (κ1) is 39.7. The summed E-state index contributed by atoms with van der Waals surface area (Å²) in [4.78, 5) is 6.64. The van der Waals surface area contributed by atoms with Gasteiger partial charge in [0.15, 0.2) is 5.44 Å². The van der Waals surface area contributed by atoms with Gasteiger partial charge in [-0.05, 0) is 80.1 Å². The van der Waals surface area contributed by atoms with Crippen LogP contribution in [0.3, 0.4) is 0 Å². The van der Waals surface area contributed by atoms with E-state index in [1.54, 1.807) is 39.0 Å². The van der Waals surface area contributed by atoms with E-state index in [0.717, 1.165) is 67.0 Å². The molecule has 0 spiro atoms. The largest absolute Gasteiger partial charge is 0.494 e. The predicted molar refractivity (Wildman–Crippen MR) is 208 cm³/mol. The van der Waals surface area contributed by atoms with E-state index in [9.17, 15) is 8.42 Å². The molecule has 1 aromatic heterocycles. The molecule has 0 bridgehead atoms. The number of fused-ring (bicyclic) bond motifs is 1. The number of hydrogen-bond acceptors (Lipinski definition) is 11. The first-order valence-corrected chi connectivity index (χ1v) is 20.6. The maximum atomic E-state index is 14.7. The summed E-state index contributed by atoms with van der Waals surface area (Å²) in [6.45, 7) is 8.43. The average Bonchev–Trinajstić information content (AvgIpc) is 3.73. The summed E-state index contributed by atoms with van der Waals surface area (Å²) in [6, 6.07) is 21.1. The zero-order chi connectivity index (χ0) is 37.9. The molecule has 2 unspecified atom stereocenters. The van der Waals surface area contributed by atoms with Crippen LogP contribution in [0.5, 0.6) is 11.5 Å². The summed E-state index contributed by atoms with van der Waals surface area (Å²) < 4.78 is 60.9. The maximum Gasteiger partial charge on any atom is 0.209 e. The number of sulfone groups is 1. The van der Waals surface area contributed by atoms with Gasteiger partial charge in [0.2, 0.25) is 9.84 Å². The van der Waals surface area contributed by atoms with Crippen LogP contribution in [0.1, 0.15) is 73.1 Å². The molecule has 54 heavy (non-hydrogen) atoms. The second-order valence-electron chi connectivity index (χ2n) is 14.2. The quantitative estimate of drug-likeness (QED) is 0.109. The molecule has 0 radical (unpaired) electrons. The molecule has 292 valence electrons. The lowest BCUT2D eigenvalue weighted by molar-refractivity contribution is -0.00775. The Kier molecular flexibility index (Phi) is 14.0. The Morgan fingerprint density at radius 1 is 0.981 bits per heavy atom. The Hall–Kier alpha value is -4.01. The fourth-order valence-corrected chi connectivity index (χ4v) is 9.01. The Bertz CT molecular complexity index is 1840. The molecule has 13 heteroatoms. The molecule has 6 rings (SSSR count). The number of ether oxygens (including phenoxy) is 5. The summed E-state index contributed by atoms with van der Waals surface area (Å²) >= 11 is 0. The Labute approximate surface area is 320 Å². The Morgan fingerprint density at radius 2 is 1.76 bits per heavy atom. The number of nitrogens with zero attached hydrogens (tertiary/aromatic N) is 4. The molecular formula is C41H55N5O7S. The van der Waals surface area contributed by atoms with Crippen LogP contribution in [-0.4, -0.2) is 95.6 Å². The van der Waals surface area contributed by atoms with Crippen molar-refractivity contribution in [2.75, 3.05) is 65.2 Å². The van der Waals surface area contributed by atoms with Crippen LogP contribution >= 0.6 is 0 Å². The van der Waals surface area contributed by atoms with Gasteiger partial charge in [-0.3, -0.25) is 0 Å². The lowest BCUT2D eigenvalue weighted by Gasteiger charge is -2.40. The van der Waals surface area contributed by atoms with E-state index in [0.29, 0.717) is 45.1 Å². The van der Waals surface area contributed by atoms with Gasteiger partial charge >= 0.3 is 0 Å². The van der Waals surface area contributed by atoms with Crippen molar-refractivity contribution >= 4 is 15.5 Å². The van der Waals surface area contributed by atoms with E-state index in [-0.39, 0.29) is 22.9 Å². The van der Waals surface area contributed by atoms with Crippen LogP contribution in [0.15, 0.2) is 84.3 Å². The number of piperidine rings is 1. The van der Waals surface area contributed by atoms with Crippen molar-refractivity contribution in [1.82, 2.24) is 20.1 Å². The molecule has 4 aromatic rings. The van der Waals surface area contributed by atoms with Crippen molar-refractivity contribution in [3.05, 3.63) is 96.1 Å². The second-order valence-corrected chi connectivity index (χ2v) is 16.1. The molecule has 5 atom stereocenters. The van der Waals surface area contributed by atoms with Gasteiger partial charge in [-0.25, -0.2) is 18.1 Å². The zero-order valence-electron chi connectivity index (χ0n) is 31.9. The fourth-order valence-electron chi connectivity index (χ4n) is 7.45. The molecule has 3 heterocycles. The number of methoxy groups -OCH3 is 2. The van der Waals surface area contributed by atoms with Crippen molar-refractivity contribution in [3.8, 4) is 11.5 Å². The zero-order valence-corrected chi connectivity index (χ0v) is 32.7. The van der Waals surface area contributed by atoms with E-state index >= 15 is 0 Å². The third kappa shape index (κ3) is 9.80. The van der Waals surface area contributed by atoms with Gasteiger partial charge in [0.25, 0.3) is 0 Å². The highest BCUT2D eigenvalue weighted by molar-refractivity contribution is 7.91. The SMILES string of the molecule is CCC(C[C@H]1C[C@H](c2ccc(OCCCOC)cc2)[C@@H](OC(c2ccc3c(c2)N(CCCOC)CCO3)S(=O)(=O)c2ccc(C)cc2)CN1)n1cncn1. The van der Waals surface area contributed by atoms with Crippen molar-refractivity contribution in [2.45, 2.75) is 80.4 Å². The molecule has 0 saturated carbocycles. The lowest BCUT2D eigenvalue weighted by atomic mass is 9.82. The molecule has 12 nitrogen and oxygen atoms in total. The highest BCUT2D eigenvalue weighted by atomic mass is 32.2. The highest BCUT2D eigenvalue weighted by Gasteiger charge is 2.40. The maximum absolute atomic E-state index is 14.7. The van der Waals surface area contributed by atoms with Crippen molar-refractivity contribution < 1.29 is 32.1 Å². The number of nitrogens with one attached hydrogen (secondary N) is 1. The molecule has 3 aromatic carbocycles. The van der Waals surface area contributed by atoms with Gasteiger partial charge < -0.3 is 33.9 Å². The minimum atomic E-state index is -4.01. The number of benzene rings is 3. The number of anilines is 1. The third-order valence-corrected chi connectivity index (χ3v) is 12.3. The van der Waals surface area contributed by atoms with E-state index < -0.39 is 21.4 Å². The van der Waals surface area contributed by atoms with E-state index in [4.69, 9.17) is 23.7 Å². The molecule has 0 aliphatic carbocycles. The summed E-state index contributed by atoms with van der Waals surface area (Å²) in [6.07, 6.45) is 7.01. The molecule has 1 fully saturated rings. The fraction of sp³-hybridized carbons (Fsp3) is 0.512. The Morgan fingerprint density at radius 3 is 2.48 bits per heavy atom.